The third-order valence-corrected chi connectivity index (χ3v) is 2.93. The van der Waals surface area contributed by atoms with Gasteiger partial charge in [0, 0.05) is 11.8 Å². The fraction of sp³-hybridized carbons (Fsp3) is 0.385. The Kier molecular flexibility index (Phi) is 3.97. The normalized spacial score (nSPS) is 10.7. The van der Waals surface area contributed by atoms with Crippen LogP contribution >= 0.6 is 0 Å². The van der Waals surface area contributed by atoms with Gasteiger partial charge < -0.3 is 5.11 Å². The van der Waals surface area contributed by atoms with Crippen molar-refractivity contribution in [2.45, 2.75) is 33.1 Å². The van der Waals surface area contributed by atoms with Crippen LogP contribution in [0.3, 0.4) is 0 Å². The maximum absolute atomic E-state index is 11.6. The van der Waals surface area contributed by atoms with E-state index in [0.717, 1.165) is 6.42 Å². The van der Waals surface area contributed by atoms with E-state index in [1.54, 1.807) is 0 Å². The zero-order valence-electron chi connectivity index (χ0n) is 11.4. The molecule has 0 unspecified atom stereocenters. The van der Waals surface area contributed by atoms with Crippen LogP contribution in [-0.2, 0) is 12.8 Å². The summed E-state index contributed by atoms with van der Waals surface area (Å²) < 4.78 is 1.40. The van der Waals surface area contributed by atoms with Crippen LogP contribution < -0.4 is 5.56 Å². The molecule has 2 aromatic heterocycles. The largest absolute Gasteiger partial charge is 0.478 e. The van der Waals surface area contributed by atoms with Crippen molar-refractivity contribution < 1.29 is 9.90 Å². The first-order chi connectivity index (χ1) is 9.56. The van der Waals surface area contributed by atoms with E-state index in [2.05, 4.69) is 15.1 Å². The summed E-state index contributed by atoms with van der Waals surface area (Å²) in [5.74, 6) is -0.779. The summed E-state index contributed by atoms with van der Waals surface area (Å²) in [4.78, 5) is 29.7. The van der Waals surface area contributed by atoms with Crippen LogP contribution in [0.25, 0.3) is 5.95 Å². The summed E-state index contributed by atoms with van der Waals surface area (Å²) in [6.45, 7) is 3.84. The van der Waals surface area contributed by atoms with Crippen LogP contribution in [0.15, 0.2) is 17.1 Å². The van der Waals surface area contributed by atoms with Gasteiger partial charge in [-0.2, -0.15) is 5.10 Å². The van der Waals surface area contributed by atoms with Gasteiger partial charge in [-0.25, -0.2) is 14.5 Å². The second-order valence-electron chi connectivity index (χ2n) is 4.39. The molecule has 0 aromatic carbocycles. The second-order valence-corrected chi connectivity index (χ2v) is 4.39. The van der Waals surface area contributed by atoms with Gasteiger partial charge >= 0.3 is 5.97 Å². The lowest BCUT2D eigenvalue weighted by molar-refractivity contribution is 0.0695. The van der Waals surface area contributed by atoms with Crippen LogP contribution in [0.4, 0.5) is 0 Å². The summed E-state index contributed by atoms with van der Waals surface area (Å²) in [6, 6.07) is 1.42. The molecule has 2 aromatic rings. The first kappa shape index (κ1) is 14.0. The van der Waals surface area contributed by atoms with Crippen LogP contribution in [0, 0.1) is 0 Å². The number of nitrogens with one attached hydrogen (secondary N) is 1. The molecule has 0 aliphatic heterocycles. The summed E-state index contributed by atoms with van der Waals surface area (Å²) >= 11 is 0. The van der Waals surface area contributed by atoms with E-state index >= 15 is 0 Å². The lowest BCUT2D eigenvalue weighted by atomic mass is 10.1. The number of aromatic amines is 1. The number of aromatic carboxylic acids is 1. The van der Waals surface area contributed by atoms with Crippen molar-refractivity contribution in [3.63, 3.8) is 0 Å². The SMILES string of the molecule is CCCc1c(C(=O)O)cnn1-c1nc(CC)cc(=O)[nH]1. The Bertz CT molecular complexity index is 687. The van der Waals surface area contributed by atoms with Crippen molar-refractivity contribution in [3.05, 3.63) is 39.6 Å². The van der Waals surface area contributed by atoms with Crippen molar-refractivity contribution >= 4 is 5.97 Å². The topological polar surface area (TPSA) is 101 Å². The third kappa shape index (κ3) is 2.61. The van der Waals surface area contributed by atoms with Crippen molar-refractivity contribution in [2.75, 3.05) is 0 Å². The third-order valence-electron chi connectivity index (χ3n) is 2.93. The molecule has 20 heavy (non-hydrogen) atoms. The Morgan fingerprint density at radius 3 is 2.80 bits per heavy atom. The van der Waals surface area contributed by atoms with Crippen molar-refractivity contribution in [1.82, 2.24) is 19.7 Å². The number of H-pyrrole nitrogens is 1. The van der Waals surface area contributed by atoms with Gasteiger partial charge in [-0.1, -0.05) is 20.3 Å². The van der Waals surface area contributed by atoms with Gasteiger partial charge in [-0.3, -0.25) is 9.78 Å². The van der Waals surface area contributed by atoms with E-state index in [0.29, 0.717) is 24.2 Å². The number of rotatable bonds is 5. The number of carbonyl (C=O) groups is 1. The summed E-state index contributed by atoms with van der Waals surface area (Å²) in [7, 11) is 0. The molecule has 0 spiro atoms. The molecule has 0 fully saturated rings. The highest BCUT2D eigenvalue weighted by Crippen LogP contribution is 2.14. The van der Waals surface area contributed by atoms with Crippen molar-refractivity contribution in [3.8, 4) is 5.95 Å². The first-order valence-electron chi connectivity index (χ1n) is 6.47. The monoisotopic (exact) mass is 276 g/mol. The molecule has 106 valence electrons. The number of hydrogen-bond acceptors (Lipinski definition) is 4. The number of carboxylic acid groups (broad SMARTS) is 1. The quantitative estimate of drug-likeness (QED) is 0.853. The van der Waals surface area contributed by atoms with E-state index < -0.39 is 5.97 Å². The van der Waals surface area contributed by atoms with Gasteiger partial charge in [0.2, 0.25) is 5.95 Å². The van der Waals surface area contributed by atoms with E-state index in [1.807, 2.05) is 13.8 Å². The van der Waals surface area contributed by atoms with E-state index in [4.69, 9.17) is 5.11 Å². The van der Waals surface area contributed by atoms with Gasteiger partial charge in [0.15, 0.2) is 0 Å². The zero-order valence-corrected chi connectivity index (χ0v) is 11.4. The van der Waals surface area contributed by atoms with E-state index in [-0.39, 0.29) is 17.1 Å². The molecule has 0 amide bonds. The van der Waals surface area contributed by atoms with Crippen molar-refractivity contribution in [2.24, 2.45) is 0 Å². The molecule has 2 heterocycles. The van der Waals surface area contributed by atoms with Crippen LogP contribution in [-0.4, -0.2) is 30.8 Å². The smallest absolute Gasteiger partial charge is 0.339 e. The number of aryl methyl sites for hydroxylation is 1. The fourth-order valence-corrected chi connectivity index (χ4v) is 1.99. The molecule has 0 saturated heterocycles. The molecule has 7 nitrogen and oxygen atoms in total. The highest BCUT2D eigenvalue weighted by molar-refractivity contribution is 5.88. The van der Waals surface area contributed by atoms with E-state index in [1.165, 1.54) is 16.9 Å². The van der Waals surface area contributed by atoms with Gasteiger partial charge in [-0.05, 0) is 12.8 Å². The van der Waals surface area contributed by atoms with Crippen LogP contribution in [0.2, 0.25) is 0 Å². The molecular formula is C13H16N4O3. The predicted molar refractivity (Wildman–Crippen MR) is 72.3 cm³/mol. The molecule has 2 rings (SSSR count). The zero-order chi connectivity index (χ0) is 14.7. The molecule has 7 heteroatoms. The number of aromatic nitrogens is 4. The minimum atomic E-state index is -1.03. The van der Waals surface area contributed by atoms with Crippen molar-refractivity contribution in [1.29, 1.82) is 0 Å². The molecule has 0 aliphatic rings. The lowest BCUT2D eigenvalue weighted by Gasteiger charge is -2.07. The predicted octanol–water partition coefficient (Wildman–Crippen LogP) is 1.17. The average Bonchev–Trinajstić information content (AvgIpc) is 2.82. The Labute approximate surface area is 115 Å². The Morgan fingerprint density at radius 1 is 1.45 bits per heavy atom. The first-order valence-corrected chi connectivity index (χ1v) is 6.47. The van der Waals surface area contributed by atoms with E-state index in [9.17, 15) is 9.59 Å². The molecule has 0 atom stereocenters. The summed E-state index contributed by atoms with van der Waals surface area (Å²) in [5.41, 5.74) is 1.04. The molecule has 0 bridgehead atoms. The highest BCUT2D eigenvalue weighted by atomic mass is 16.4. The molecular weight excluding hydrogens is 260 g/mol. The van der Waals surface area contributed by atoms with Gasteiger partial charge in [0.1, 0.15) is 5.56 Å². The summed E-state index contributed by atoms with van der Waals surface area (Å²) in [5, 5.41) is 13.2. The molecule has 0 aliphatic carbocycles. The summed E-state index contributed by atoms with van der Waals surface area (Å²) in [6.07, 6.45) is 3.21. The molecule has 2 N–H and O–H groups in total. The standard InChI is InChI=1S/C13H16N4O3/c1-3-5-10-9(12(19)20)7-14-17(10)13-15-8(4-2)6-11(18)16-13/h6-7H,3-5H2,1-2H3,(H,19,20)(H,15,16,18). The van der Waals surface area contributed by atoms with Crippen LogP contribution in [0.1, 0.15) is 42.0 Å². The second kappa shape index (κ2) is 5.68. The lowest BCUT2D eigenvalue weighted by Crippen LogP contribution is -2.17. The van der Waals surface area contributed by atoms with Gasteiger partial charge in [0.25, 0.3) is 5.56 Å². The number of hydrogen-bond donors (Lipinski definition) is 2. The maximum Gasteiger partial charge on any atom is 0.339 e. The molecule has 0 saturated carbocycles. The number of nitrogens with zero attached hydrogens (tertiary/aromatic N) is 3. The fourth-order valence-electron chi connectivity index (χ4n) is 1.99. The molecule has 0 radical (unpaired) electrons. The Morgan fingerprint density at radius 2 is 2.20 bits per heavy atom. The van der Waals surface area contributed by atoms with Gasteiger partial charge in [0.05, 0.1) is 11.9 Å². The number of carboxylic acids is 1. The minimum Gasteiger partial charge on any atom is -0.478 e. The Hall–Kier alpha value is -2.44. The Balaban J connectivity index is 2.60. The van der Waals surface area contributed by atoms with Crippen LogP contribution in [0.5, 0.6) is 0 Å². The van der Waals surface area contributed by atoms with Gasteiger partial charge in [-0.15, -0.1) is 0 Å². The minimum absolute atomic E-state index is 0.136. The maximum atomic E-state index is 11.6. The highest BCUT2D eigenvalue weighted by Gasteiger charge is 2.18. The average molecular weight is 276 g/mol.